The van der Waals surface area contributed by atoms with E-state index in [1.165, 1.54) is 88.2 Å². The Morgan fingerprint density at radius 3 is 1.19 bits per heavy atom. The molecule has 0 spiro atoms. The molecular formula is C28H52Cl2SiZr-4. The van der Waals surface area contributed by atoms with E-state index in [4.69, 9.17) is 0 Å². The number of unbranched alkanes of at least 4 members (excludes halogenated alkanes) is 4. The van der Waals surface area contributed by atoms with Crippen molar-refractivity contribution >= 4 is 31.7 Å². The average Bonchev–Trinajstić information content (AvgIpc) is 3.39. The number of hydrogen-bond donors (Lipinski definition) is 0. The number of allylic oxidation sites excluding steroid dienone is 8. The van der Waals surface area contributed by atoms with Gasteiger partial charge in [0.2, 0.25) is 0 Å². The van der Waals surface area contributed by atoms with Crippen LogP contribution in [0.3, 0.4) is 0 Å². The van der Waals surface area contributed by atoms with Crippen LogP contribution >= 0.6 is 24.8 Å². The molecule has 2 aliphatic carbocycles. The number of halogens is 2. The summed E-state index contributed by atoms with van der Waals surface area (Å²) in [6.45, 7) is 11.0. The van der Waals surface area contributed by atoms with Gasteiger partial charge in [-0.1, -0.05) is 91.9 Å². The molecule has 0 amide bonds. The van der Waals surface area contributed by atoms with Crippen molar-refractivity contribution in [1.29, 1.82) is 0 Å². The average molecular weight is 579 g/mol. The summed E-state index contributed by atoms with van der Waals surface area (Å²) in [4.78, 5) is 0. The van der Waals surface area contributed by atoms with E-state index < -0.39 is 0 Å². The zero-order valence-corrected chi connectivity index (χ0v) is 27.6. The minimum absolute atomic E-state index is 0. The second-order valence-electron chi connectivity index (χ2n) is 7.78. The van der Waals surface area contributed by atoms with Crippen molar-refractivity contribution in [3.8, 4) is 0 Å². The van der Waals surface area contributed by atoms with Crippen LogP contribution in [-0.2, 0) is 23.3 Å². The topological polar surface area (TPSA) is 0 Å². The molecule has 0 radical (unpaired) electrons. The summed E-state index contributed by atoms with van der Waals surface area (Å²) in [7, 11) is 0. The molecule has 0 heterocycles. The van der Waals surface area contributed by atoms with Crippen LogP contribution < -0.4 is 0 Å². The zero-order chi connectivity index (χ0) is 21.0. The molecule has 0 nitrogen and oxygen atoms in total. The van der Waals surface area contributed by atoms with Crippen LogP contribution in [0, 0.1) is 27.0 Å². The molecule has 0 saturated carbocycles. The summed E-state index contributed by atoms with van der Waals surface area (Å²) in [5, 5.41) is 0. The second-order valence-corrected chi connectivity index (χ2v) is 7.78. The van der Waals surface area contributed by atoms with Gasteiger partial charge in [-0.05, 0) is 12.8 Å². The zero-order valence-electron chi connectivity index (χ0n) is 22.1. The minimum atomic E-state index is 0. The first-order valence-electron chi connectivity index (χ1n) is 11.7. The van der Waals surface area contributed by atoms with E-state index in [1.54, 1.807) is 34.5 Å². The SMILES string of the molecule is CCCCC1=[C-]CC(CCCC)=C1.CCCCC1=[C-]CC(CCCC)=C1.Cl.Cl.[CH3-].[CH3-].[SiH2]=[Zr]. The molecule has 0 aromatic carbocycles. The molecule has 0 bridgehead atoms. The third kappa shape index (κ3) is 22.4. The van der Waals surface area contributed by atoms with E-state index in [0.29, 0.717) is 0 Å². The number of rotatable bonds is 12. The fourth-order valence-corrected chi connectivity index (χ4v) is 3.34. The van der Waals surface area contributed by atoms with Crippen molar-refractivity contribution in [2.45, 2.75) is 118 Å². The summed E-state index contributed by atoms with van der Waals surface area (Å²) in [5.74, 6) is 0. The van der Waals surface area contributed by atoms with Crippen molar-refractivity contribution in [3.05, 3.63) is 61.4 Å². The molecule has 4 heteroatoms. The molecular weight excluding hydrogens is 527 g/mol. The van der Waals surface area contributed by atoms with Gasteiger partial charge in [-0.15, -0.1) is 37.7 Å². The second kappa shape index (κ2) is 31.6. The van der Waals surface area contributed by atoms with Crippen molar-refractivity contribution in [2.24, 2.45) is 0 Å². The van der Waals surface area contributed by atoms with E-state index in [1.807, 2.05) is 6.88 Å². The Bertz CT molecular complexity index is 476. The summed E-state index contributed by atoms with van der Waals surface area (Å²) in [6, 6.07) is 0. The first kappa shape index (κ1) is 42.8. The molecule has 0 aliphatic heterocycles. The molecule has 2 aliphatic rings. The Balaban J connectivity index is -0.000000126. The quantitative estimate of drug-likeness (QED) is 0.160. The van der Waals surface area contributed by atoms with E-state index >= 15 is 0 Å². The third-order valence-corrected chi connectivity index (χ3v) is 5.14. The Hall–Kier alpha value is 0.640. The van der Waals surface area contributed by atoms with E-state index in [-0.39, 0.29) is 39.7 Å². The van der Waals surface area contributed by atoms with Gasteiger partial charge in [-0.2, -0.15) is 11.1 Å². The first-order chi connectivity index (χ1) is 13.7. The third-order valence-electron chi connectivity index (χ3n) is 5.14. The summed E-state index contributed by atoms with van der Waals surface area (Å²) >= 11 is 1.58. The van der Waals surface area contributed by atoms with Crippen LogP contribution in [0.1, 0.15) is 118 Å². The number of hydrogen-bond acceptors (Lipinski definition) is 0. The van der Waals surface area contributed by atoms with Gasteiger partial charge >= 0.3 is 30.2 Å². The van der Waals surface area contributed by atoms with E-state index in [9.17, 15) is 0 Å². The maximum absolute atomic E-state index is 3.47. The van der Waals surface area contributed by atoms with Gasteiger partial charge in [0, 0.05) is 0 Å². The first-order valence-corrected chi connectivity index (χ1v) is 17.6. The summed E-state index contributed by atoms with van der Waals surface area (Å²) in [5.41, 5.74) is 6.14. The van der Waals surface area contributed by atoms with Crippen LogP contribution in [0.25, 0.3) is 0 Å². The van der Waals surface area contributed by atoms with Gasteiger partial charge in [-0.25, -0.2) is 23.3 Å². The van der Waals surface area contributed by atoms with Gasteiger partial charge in [-0.3, -0.25) is 12.2 Å². The van der Waals surface area contributed by atoms with Crippen LogP contribution in [0.15, 0.2) is 34.4 Å². The van der Waals surface area contributed by atoms with Gasteiger partial charge in [0.05, 0.1) is 0 Å². The van der Waals surface area contributed by atoms with Gasteiger partial charge < -0.3 is 14.9 Å². The van der Waals surface area contributed by atoms with Gasteiger partial charge in [0.15, 0.2) is 0 Å². The van der Waals surface area contributed by atoms with Gasteiger partial charge in [0.1, 0.15) is 0 Å². The molecule has 0 fully saturated rings. The molecule has 0 atom stereocenters. The molecule has 0 N–H and O–H groups in total. The van der Waals surface area contributed by atoms with Gasteiger partial charge in [0.25, 0.3) is 0 Å². The van der Waals surface area contributed by atoms with E-state index in [0.717, 1.165) is 12.8 Å². The Morgan fingerprint density at radius 1 is 0.625 bits per heavy atom. The predicted molar refractivity (Wildman–Crippen MR) is 153 cm³/mol. The summed E-state index contributed by atoms with van der Waals surface area (Å²) < 4.78 is 0. The Morgan fingerprint density at radius 2 is 0.906 bits per heavy atom. The Labute approximate surface area is 232 Å². The monoisotopic (exact) mass is 576 g/mol. The molecule has 0 aromatic heterocycles. The van der Waals surface area contributed by atoms with Crippen LogP contribution in [-0.4, -0.2) is 6.88 Å². The maximum atomic E-state index is 3.47. The van der Waals surface area contributed by atoms with Crippen LogP contribution in [0.5, 0.6) is 0 Å². The fraction of sp³-hybridized carbons (Fsp3) is 0.643. The van der Waals surface area contributed by atoms with Crippen molar-refractivity contribution in [2.75, 3.05) is 0 Å². The van der Waals surface area contributed by atoms with Crippen LogP contribution in [0.4, 0.5) is 0 Å². The van der Waals surface area contributed by atoms with Crippen molar-refractivity contribution < 1.29 is 23.3 Å². The molecule has 0 saturated heterocycles. The summed E-state index contributed by atoms with van der Waals surface area (Å²) in [6.07, 6.45) is 29.5. The molecule has 32 heavy (non-hydrogen) atoms. The van der Waals surface area contributed by atoms with E-state index in [2.05, 4.69) is 52.0 Å². The normalized spacial score (nSPS) is 13.0. The Kier molecular flexibility index (Phi) is 42.3. The van der Waals surface area contributed by atoms with Crippen molar-refractivity contribution in [1.82, 2.24) is 0 Å². The standard InChI is InChI=1S/2C13H21.2CH3.2ClH.H2Si.Zr/c2*1-3-5-7-12-9-10-13(11-12)8-6-4-2;;;;;;/h2*11H,3-9H2,1-2H3;2*1H3;2*1H;1H2;/q4*-1;;;;. The molecule has 0 aromatic rings. The predicted octanol–water partition coefficient (Wildman–Crippen LogP) is 9.68. The van der Waals surface area contributed by atoms with Crippen LogP contribution in [0.2, 0.25) is 0 Å². The molecule has 2 rings (SSSR count). The fourth-order valence-electron chi connectivity index (χ4n) is 3.34. The van der Waals surface area contributed by atoms with Crippen molar-refractivity contribution in [3.63, 3.8) is 0 Å². The molecule has 0 unspecified atom stereocenters. The molecule has 190 valence electrons.